The lowest BCUT2D eigenvalue weighted by molar-refractivity contribution is -0.132. The number of carbonyl (C=O) groups is 2. The second-order valence-corrected chi connectivity index (χ2v) is 13.7. The third-order valence-electron chi connectivity index (χ3n) is 7.13. The van der Waals surface area contributed by atoms with Crippen LogP contribution in [0.25, 0.3) is 0 Å². The Morgan fingerprint density at radius 3 is 2.34 bits per heavy atom. The maximum absolute atomic E-state index is 12.7. The summed E-state index contributed by atoms with van der Waals surface area (Å²) in [7, 11) is -3.29. The zero-order valence-corrected chi connectivity index (χ0v) is 24.5. The summed E-state index contributed by atoms with van der Waals surface area (Å²) in [6.45, 7) is 7.99. The van der Waals surface area contributed by atoms with Gasteiger partial charge in [-0.3, -0.25) is 4.79 Å². The average molecular weight is 563 g/mol. The highest BCUT2D eigenvalue weighted by Gasteiger charge is 2.39. The first-order valence-corrected chi connectivity index (χ1v) is 15.2. The lowest BCUT2D eigenvalue weighted by Gasteiger charge is -2.44. The van der Waals surface area contributed by atoms with Crippen molar-refractivity contribution in [1.82, 2.24) is 10.2 Å². The largest absolute Gasteiger partial charge is 0.444 e. The Labute approximate surface area is 231 Å². The molecule has 0 unspecified atom stereocenters. The van der Waals surface area contributed by atoms with Gasteiger partial charge in [0.1, 0.15) is 5.60 Å². The van der Waals surface area contributed by atoms with Gasteiger partial charge in [0.15, 0.2) is 9.84 Å². The summed E-state index contributed by atoms with van der Waals surface area (Å²) in [5.74, 6) is -0.00333. The van der Waals surface area contributed by atoms with Crippen LogP contribution in [0.2, 0.25) is 5.02 Å². The zero-order chi connectivity index (χ0) is 28.1. The Morgan fingerprint density at radius 2 is 1.76 bits per heavy atom. The molecule has 208 valence electrons. The third-order valence-corrected chi connectivity index (χ3v) is 8.48. The van der Waals surface area contributed by atoms with Crippen LogP contribution in [0.15, 0.2) is 53.4 Å². The van der Waals surface area contributed by atoms with Crippen molar-refractivity contribution < 1.29 is 22.7 Å². The van der Waals surface area contributed by atoms with Crippen molar-refractivity contribution in [2.45, 2.75) is 81.8 Å². The molecule has 2 aromatic carbocycles. The van der Waals surface area contributed by atoms with Gasteiger partial charge < -0.3 is 15.0 Å². The molecule has 0 aromatic heterocycles. The van der Waals surface area contributed by atoms with Crippen molar-refractivity contribution in [3.05, 3.63) is 64.7 Å². The third kappa shape index (κ3) is 8.21. The fourth-order valence-corrected chi connectivity index (χ4v) is 6.07. The molecule has 0 aliphatic heterocycles. The van der Waals surface area contributed by atoms with Gasteiger partial charge in [-0.1, -0.05) is 35.9 Å². The maximum atomic E-state index is 12.7. The lowest BCUT2D eigenvalue weighted by Crippen LogP contribution is -2.49. The smallest absolute Gasteiger partial charge is 0.407 e. The Hall–Kier alpha value is -2.58. The molecule has 1 saturated carbocycles. The highest BCUT2D eigenvalue weighted by Crippen LogP contribution is 2.41. The second kappa shape index (κ2) is 12.1. The van der Waals surface area contributed by atoms with E-state index < -0.39 is 21.5 Å². The summed E-state index contributed by atoms with van der Waals surface area (Å²) < 4.78 is 29.3. The van der Waals surface area contributed by atoms with Crippen LogP contribution in [-0.4, -0.2) is 56.3 Å². The number of benzene rings is 2. The standard InChI is InChI=1S/C29H39ClN2O5S/c1-21(33)32(17-14-22-8-6-11-26(18-22)38(5,35)36)25-12-15-29(16-13-25,23-9-7-10-24(30)19-23)20-31-27(34)37-28(2,3)4/h6-11,18-19,25H,12-17,20H2,1-5H3,(H,31,34). The molecule has 0 saturated heterocycles. The molecule has 2 amide bonds. The molecule has 38 heavy (non-hydrogen) atoms. The molecule has 0 heterocycles. The molecule has 1 aliphatic carbocycles. The summed E-state index contributed by atoms with van der Waals surface area (Å²) in [5.41, 5.74) is 1.02. The Kier molecular flexibility index (Phi) is 9.52. The summed E-state index contributed by atoms with van der Waals surface area (Å²) >= 11 is 6.33. The minimum Gasteiger partial charge on any atom is -0.444 e. The highest BCUT2D eigenvalue weighted by molar-refractivity contribution is 7.90. The first kappa shape index (κ1) is 30.0. The lowest BCUT2D eigenvalue weighted by atomic mass is 9.67. The average Bonchev–Trinajstić information content (AvgIpc) is 2.82. The minimum atomic E-state index is -3.29. The van der Waals surface area contributed by atoms with Gasteiger partial charge in [0.2, 0.25) is 5.91 Å². The zero-order valence-electron chi connectivity index (χ0n) is 22.9. The number of nitrogens with zero attached hydrogens (tertiary/aromatic N) is 1. The van der Waals surface area contributed by atoms with Crippen LogP contribution in [-0.2, 0) is 31.2 Å². The molecule has 0 radical (unpaired) electrons. The SMILES string of the molecule is CC(=O)N(CCc1cccc(S(C)(=O)=O)c1)C1CCC(CNC(=O)OC(C)(C)C)(c2cccc(Cl)c2)CC1. The van der Waals surface area contributed by atoms with Crippen molar-refractivity contribution in [2.24, 2.45) is 0 Å². The molecule has 1 aliphatic rings. The van der Waals surface area contributed by atoms with Gasteiger partial charge in [0, 0.05) is 42.7 Å². The predicted octanol–water partition coefficient (Wildman–Crippen LogP) is 5.54. The van der Waals surface area contributed by atoms with Crippen molar-refractivity contribution in [3.63, 3.8) is 0 Å². The van der Waals surface area contributed by atoms with E-state index in [9.17, 15) is 18.0 Å². The quantitative estimate of drug-likeness (QED) is 0.456. The molecule has 9 heteroatoms. The molecule has 1 N–H and O–H groups in total. The summed E-state index contributed by atoms with van der Waals surface area (Å²) in [5, 5.41) is 3.61. The topological polar surface area (TPSA) is 92.8 Å². The van der Waals surface area contributed by atoms with E-state index in [1.54, 1.807) is 25.1 Å². The molecule has 0 bridgehead atoms. The monoisotopic (exact) mass is 562 g/mol. The first-order chi connectivity index (χ1) is 17.7. The van der Waals surface area contributed by atoms with Gasteiger partial charge in [-0.15, -0.1) is 0 Å². The second-order valence-electron chi connectivity index (χ2n) is 11.3. The number of sulfone groups is 1. The highest BCUT2D eigenvalue weighted by atomic mass is 35.5. The Morgan fingerprint density at radius 1 is 1.11 bits per heavy atom. The van der Waals surface area contributed by atoms with E-state index in [0.29, 0.717) is 24.5 Å². The normalized spacial score (nSPS) is 20.0. The van der Waals surface area contributed by atoms with Crippen molar-refractivity contribution in [1.29, 1.82) is 0 Å². The van der Waals surface area contributed by atoms with Crippen LogP contribution in [0.5, 0.6) is 0 Å². The number of nitrogens with one attached hydrogen (secondary N) is 1. The van der Waals surface area contributed by atoms with Crippen LogP contribution >= 0.6 is 11.6 Å². The van der Waals surface area contributed by atoms with E-state index in [-0.39, 0.29) is 22.3 Å². The molecule has 3 rings (SSSR count). The van der Waals surface area contributed by atoms with E-state index in [0.717, 1.165) is 36.8 Å². The minimum absolute atomic E-state index is 0.00333. The molecule has 0 atom stereocenters. The van der Waals surface area contributed by atoms with Gasteiger partial charge in [0.25, 0.3) is 0 Å². The summed E-state index contributed by atoms with van der Waals surface area (Å²) in [6.07, 6.45) is 4.38. The molecular weight excluding hydrogens is 524 g/mol. The fraction of sp³-hybridized carbons (Fsp3) is 0.517. The van der Waals surface area contributed by atoms with E-state index in [4.69, 9.17) is 16.3 Å². The molecule has 1 fully saturated rings. The number of rotatable bonds is 8. The first-order valence-electron chi connectivity index (χ1n) is 13.0. The number of hydrogen-bond acceptors (Lipinski definition) is 5. The van der Waals surface area contributed by atoms with Crippen LogP contribution in [0.3, 0.4) is 0 Å². The van der Waals surface area contributed by atoms with Crippen LogP contribution in [0, 0.1) is 0 Å². The van der Waals surface area contributed by atoms with Crippen molar-refractivity contribution in [3.8, 4) is 0 Å². The molecular formula is C29H39ClN2O5S. The number of ether oxygens (including phenoxy) is 1. The number of alkyl carbamates (subject to hydrolysis) is 1. The van der Waals surface area contributed by atoms with Crippen LogP contribution < -0.4 is 5.32 Å². The number of halogens is 1. The summed E-state index contributed by atoms with van der Waals surface area (Å²) in [4.78, 5) is 27.3. The molecule has 0 spiro atoms. The van der Waals surface area contributed by atoms with Crippen LogP contribution in [0.1, 0.15) is 64.5 Å². The molecule has 2 aromatic rings. The van der Waals surface area contributed by atoms with Gasteiger partial charge in [-0.25, -0.2) is 13.2 Å². The fourth-order valence-electron chi connectivity index (χ4n) is 5.19. The molecule has 7 nitrogen and oxygen atoms in total. The number of hydrogen-bond donors (Lipinski definition) is 1. The van der Waals surface area contributed by atoms with E-state index in [1.165, 1.54) is 6.26 Å². The van der Waals surface area contributed by atoms with Crippen molar-refractivity contribution in [2.75, 3.05) is 19.3 Å². The van der Waals surface area contributed by atoms with Gasteiger partial charge in [0.05, 0.1) is 4.90 Å². The van der Waals surface area contributed by atoms with Gasteiger partial charge in [-0.05, 0) is 88.3 Å². The Bertz CT molecular complexity index is 1250. The predicted molar refractivity (Wildman–Crippen MR) is 150 cm³/mol. The number of amides is 2. The number of carbonyl (C=O) groups excluding carboxylic acids is 2. The van der Waals surface area contributed by atoms with Gasteiger partial charge >= 0.3 is 6.09 Å². The van der Waals surface area contributed by atoms with Crippen molar-refractivity contribution >= 4 is 33.4 Å². The van der Waals surface area contributed by atoms with E-state index in [1.807, 2.05) is 56.0 Å². The Balaban J connectivity index is 1.73. The van der Waals surface area contributed by atoms with E-state index in [2.05, 4.69) is 5.32 Å². The van der Waals surface area contributed by atoms with Gasteiger partial charge in [-0.2, -0.15) is 0 Å². The maximum Gasteiger partial charge on any atom is 0.407 e. The summed E-state index contributed by atoms with van der Waals surface area (Å²) in [6, 6.07) is 14.7. The van der Waals surface area contributed by atoms with E-state index >= 15 is 0 Å². The van der Waals surface area contributed by atoms with Crippen LogP contribution in [0.4, 0.5) is 4.79 Å².